The molecule has 13 heavy (non-hydrogen) atoms. The van der Waals surface area contributed by atoms with Gasteiger partial charge >= 0.3 is 0 Å². The highest BCUT2D eigenvalue weighted by atomic mass is 15.0. The number of benzene rings is 1. The number of hydrogen-bond donors (Lipinski definition) is 0. The van der Waals surface area contributed by atoms with Gasteiger partial charge in [-0.15, -0.1) is 0 Å². The molecule has 2 aromatic rings. The largest absolute Gasteiger partial charge is 0.333 e. The predicted molar refractivity (Wildman–Crippen MR) is 52.2 cm³/mol. The third kappa shape index (κ3) is 1.78. The summed E-state index contributed by atoms with van der Waals surface area (Å²) in [5.41, 5.74) is 2.32. The Kier molecular flexibility index (Phi) is 2.13. The van der Waals surface area contributed by atoms with Gasteiger partial charge < -0.3 is 4.57 Å². The molecule has 0 unspecified atom stereocenters. The highest BCUT2D eigenvalue weighted by Gasteiger charge is 1.96. The summed E-state index contributed by atoms with van der Waals surface area (Å²) in [6.45, 7) is 4.81. The summed E-state index contributed by atoms with van der Waals surface area (Å²) in [7, 11) is 0. The van der Waals surface area contributed by atoms with Crippen LogP contribution in [0.3, 0.4) is 0 Å². The molecule has 0 saturated carbocycles. The van der Waals surface area contributed by atoms with E-state index in [1.165, 1.54) is 5.56 Å². The molecule has 0 aliphatic carbocycles. The van der Waals surface area contributed by atoms with Crippen LogP contribution in [0.1, 0.15) is 11.1 Å². The third-order valence-corrected chi connectivity index (χ3v) is 2.03. The van der Waals surface area contributed by atoms with Crippen molar-refractivity contribution in [1.82, 2.24) is 9.55 Å². The maximum atomic E-state index is 3.99. The number of imidazole rings is 1. The van der Waals surface area contributed by atoms with Gasteiger partial charge in [0, 0.05) is 18.9 Å². The van der Waals surface area contributed by atoms with Crippen molar-refractivity contribution in [2.75, 3.05) is 0 Å². The normalized spacial score (nSPS) is 10.2. The van der Waals surface area contributed by atoms with Gasteiger partial charge in [0.05, 0.1) is 6.33 Å². The fourth-order valence-electron chi connectivity index (χ4n) is 1.29. The zero-order valence-electron chi connectivity index (χ0n) is 7.35. The van der Waals surface area contributed by atoms with Crippen LogP contribution in [0, 0.1) is 6.92 Å². The minimum atomic E-state index is 0.847. The van der Waals surface area contributed by atoms with Gasteiger partial charge in [0.25, 0.3) is 0 Å². The van der Waals surface area contributed by atoms with Gasteiger partial charge in [0.1, 0.15) is 0 Å². The molecule has 0 fully saturated rings. The average molecular weight is 171 g/mol. The molecule has 65 valence electrons. The van der Waals surface area contributed by atoms with Crippen LogP contribution in [-0.2, 0) is 6.54 Å². The lowest BCUT2D eigenvalue weighted by atomic mass is 10.1. The van der Waals surface area contributed by atoms with E-state index in [-0.39, 0.29) is 0 Å². The molecule has 2 heteroatoms. The lowest BCUT2D eigenvalue weighted by Gasteiger charge is -2.05. The van der Waals surface area contributed by atoms with Crippen molar-refractivity contribution in [3.8, 4) is 0 Å². The Morgan fingerprint density at radius 1 is 1.31 bits per heavy atom. The van der Waals surface area contributed by atoms with Crippen LogP contribution in [0.25, 0.3) is 0 Å². The van der Waals surface area contributed by atoms with Crippen molar-refractivity contribution in [2.24, 2.45) is 0 Å². The average Bonchev–Trinajstić information content (AvgIpc) is 2.61. The SMILES string of the molecule is [CH2]c1ccccc1Cn1ccnc1. The molecule has 0 N–H and O–H groups in total. The molecule has 2 rings (SSSR count). The fraction of sp³-hybridized carbons (Fsp3) is 0.0909. The van der Waals surface area contributed by atoms with Crippen LogP contribution in [0.4, 0.5) is 0 Å². The van der Waals surface area contributed by atoms with Gasteiger partial charge in [-0.3, -0.25) is 0 Å². The fourth-order valence-corrected chi connectivity index (χ4v) is 1.29. The van der Waals surface area contributed by atoms with Crippen molar-refractivity contribution < 1.29 is 0 Å². The van der Waals surface area contributed by atoms with E-state index in [4.69, 9.17) is 0 Å². The Labute approximate surface area is 77.9 Å². The maximum Gasteiger partial charge on any atom is 0.0949 e. The molecule has 0 aliphatic rings. The molecule has 1 aromatic heterocycles. The number of hydrogen-bond acceptors (Lipinski definition) is 1. The van der Waals surface area contributed by atoms with Crippen LogP contribution < -0.4 is 0 Å². The van der Waals surface area contributed by atoms with Crippen LogP contribution in [0.2, 0.25) is 0 Å². The highest BCUT2D eigenvalue weighted by Crippen LogP contribution is 2.08. The van der Waals surface area contributed by atoms with E-state index >= 15 is 0 Å². The van der Waals surface area contributed by atoms with Crippen molar-refractivity contribution in [1.29, 1.82) is 0 Å². The molecule has 0 spiro atoms. The predicted octanol–water partition coefficient (Wildman–Crippen LogP) is 2.11. The number of rotatable bonds is 2. The minimum absolute atomic E-state index is 0.847. The zero-order valence-corrected chi connectivity index (χ0v) is 7.35. The van der Waals surface area contributed by atoms with E-state index in [1.54, 1.807) is 6.20 Å². The first-order valence-electron chi connectivity index (χ1n) is 4.22. The van der Waals surface area contributed by atoms with Gasteiger partial charge in [-0.25, -0.2) is 4.98 Å². The standard InChI is InChI=1S/C11H11N2/c1-10-4-2-3-5-11(10)8-13-7-6-12-9-13/h2-7,9H,1,8H2. The molecule has 0 atom stereocenters. The maximum absolute atomic E-state index is 3.99. The van der Waals surface area contributed by atoms with Crippen LogP contribution in [-0.4, -0.2) is 9.55 Å². The molecule has 0 bridgehead atoms. The van der Waals surface area contributed by atoms with E-state index in [9.17, 15) is 0 Å². The van der Waals surface area contributed by atoms with Crippen LogP contribution in [0.5, 0.6) is 0 Å². The summed E-state index contributed by atoms with van der Waals surface area (Å²) in [5, 5.41) is 0. The molecule has 0 aliphatic heterocycles. The summed E-state index contributed by atoms with van der Waals surface area (Å²) in [6.07, 6.45) is 5.55. The zero-order chi connectivity index (χ0) is 9.10. The monoisotopic (exact) mass is 171 g/mol. The quantitative estimate of drug-likeness (QED) is 0.676. The smallest absolute Gasteiger partial charge is 0.0949 e. The topological polar surface area (TPSA) is 17.8 Å². The Morgan fingerprint density at radius 2 is 2.15 bits per heavy atom. The molecule has 1 radical (unpaired) electrons. The highest BCUT2D eigenvalue weighted by molar-refractivity contribution is 5.29. The van der Waals surface area contributed by atoms with E-state index in [1.807, 2.05) is 35.3 Å². The summed E-state index contributed by atoms with van der Waals surface area (Å²) in [5.74, 6) is 0. The molecule has 1 heterocycles. The van der Waals surface area contributed by atoms with E-state index in [0.717, 1.165) is 12.1 Å². The molecular formula is C11H11N2. The van der Waals surface area contributed by atoms with E-state index in [2.05, 4.69) is 18.0 Å². The lowest BCUT2D eigenvalue weighted by Crippen LogP contribution is -1.97. The first kappa shape index (κ1) is 8.05. The first-order chi connectivity index (χ1) is 6.36. The molecule has 1 aromatic carbocycles. The Balaban J connectivity index is 2.24. The second-order valence-corrected chi connectivity index (χ2v) is 3.00. The minimum Gasteiger partial charge on any atom is -0.333 e. The van der Waals surface area contributed by atoms with Crippen LogP contribution >= 0.6 is 0 Å². The van der Waals surface area contributed by atoms with Gasteiger partial charge in [-0.05, 0) is 18.1 Å². The van der Waals surface area contributed by atoms with Gasteiger partial charge in [0.2, 0.25) is 0 Å². The van der Waals surface area contributed by atoms with Crippen LogP contribution in [0.15, 0.2) is 43.0 Å². The van der Waals surface area contributed by atoms with E-state index in [0.29, 0.717) is 0 Å². The Morgan fingerprint density at radius 3 is 2.85 bits per heavy atom. The molecular weight excluding hydrogens is 160 g/mol. The summed E-state index contributed by atoms with van der Waals surface area (Å²) in [6, 6.07) is 8.13. The third-order valence-electron chi connectivity index (χ3n) is 2.03. The Hall–Kier alpha value is -1.57. The lowest BCUT2D eigenvalue weighted by molar-refractivity contribution is 0.795. The summed E-state index contributed by atoms with van der Waals surface area (Å²) >= 11 is 0. The van der Waals surface area contributed by atoms with Gasteiger partial charge in [-0.1, -0.05) is 24.3 Å². The number of nitrogens with zero attached hydrogens (tertiary/aromatic N) is 2. The first-order valence-corrected chi connectivity index (χ1v) is 4.22. The molecule has 0 saturated heterocycles. The second kappa shape index (κ2) is 3.44. The van der Waals surface area contributed by atoms with Gasteiger partial charge in [-0.2, -0.15) is 0 Å². The summed E-state index contributed by atoms with van der Waals surface area (Å²) in [4.78, 5) is 3.99. The molecule has 0 amide bonds. The van der Waals surface area contributed by atoms with Crippen molar-refractivity contribution in [3.63, 3.8) is 0 Å². The second-order valence-electron chi connectivity index (χ2n) is 3.00. The molecule has 2 nitrogen and oxygen atoms in total. The van der Waals surface area contributed by atoms with Crippen molar-refractivity contribution in [3.05, 3.63) is 61.0 Å². The summed E-state index contributed by atoms with van der Waals surface area (Å²) < 4.78 is 2.03. The number of aromatic nitrogens is 2. The van der Waals surface area contributed by atoms with Gasteiger partial charge in [0.15, 0.2) is 0 Å². The Bertz CT molecular complexity index is 377. The van der Waals surface area contributed by atoms with Crippen molar-refractivity contribution >= 4 is 0 Å². The van der Waals surface area contributed by atoms with Crippen molar-refractivity contribution in [2.45, 2.75) is 6.54 Å². The van der Waals surface area contributed by atoms with E-state index < -0.39 is 0 Å².